The molecule has 1 heterocycles. The minimum atomic E-state index is -0.276. The monoisotopic (exact) mass is 406 g/mol. The van der Waals surface area contributed by atoms with Crippen LogP contribution in [-0.4, -0.2) is 29.9 Å². The van der Waals surface area contributed by atoms with Crippen molar-refractivity contribution in [2.45, 2.75) is 25.8 Å². The molecule has 3 nitrogen and oxygen atoms in total. The summed E-state index contributed by atoms with van der Waals surface area (Å²) in [6.07, 6.45) is 0. The van der Waals surface area contributed by atoms with Gasteiger partial charge in [-0.1, -0.05) is 59.6 Å². The number of anilines is 1. The highest BCUT2D eigenvalue weighted by Gasteiger charge is 2.40. The Labute approximate surface area is 156 Å². The number of benzene rings is 2. The molecule has 5 heteroatoms. The average Bonchev–Trinajstić information content (AvgIpc) is 2.57. The summed E-state index contributed by atoms with van der Waals surface area (Å²) in [5.41, 5.74) is 2.94. The zero-order valence-corrected chi connectivity index (χ0v) is 16.1. The van der Waals surface area contributed by atoms with E-state index in [-0.39, 0.29) is 17.9 Å². The van der Waals surface area contributed by atoms with Crippen molar-refractivity contribution in [2.24, 2.45) is 0 Å². The summed E-state index contributed by atoms with van der Waals surface area (Å²) in [6.45, 7) is 5.77. The zero-order valence-electron chi connectivity index (χ0n) is 13.7. The second-order valence-corrected chi connectivity index (χ2v) is 7.21. The number of carbonyl (C=O) groups excluding carboxylic acids is 1. The maximum absolute atomic E-state index is 12.9. The molecule has 1 aliphatic rings. The van der Waals surface area contributed by atoms with E-state index in [1.54, 1.807) is 0 Å². The van der Waals surface area contributed by atoms with E-state index in [0.717, 1.165) is 34.4 Å². The van der Waals surface area contributed by atoms with Gasteiger partial charge in [-0.2, -0.15) is 0 Å². The topological polar surface area (TPSA) is 32.3 Å². The molecule has 1 N–H and O–H groups in total. The van der Waals surface area contributed by atoms with Crippen LogP contribution in [0.3, 0.4) is 0 Å². The van der Waals surface area contributed by atoms with E-state index in [1.165, 1.54) is 0 Å². The highest BCUT2D eigenvalue weighted by Crippen LogP contribution is 2.42. The number of likely N-dealkylation sites (N-methyl/N-ethyl adjacent to an activating group) is 1. The molecule has 1 amide bonds. The van der Waals surface area contributed by atoms with Gasteiger partial charge in [-0.15, -0.1) is 0 Å². The summed E-state index contributed by atoms with van der Waals surface area (Å²) < 4.78 is 0.993. The normalized spacial score (nSPS) is 20.0. The van der Waals surface area contributed by atoms with Gasteiger partial charge in [-0.05, 0) is 48.5 Å². The van der Waals surface area contributed by atoms with Gasteiger partial charge in [0, 0.05) is 21.1 Å². The van der Waals surface area contributed by atoms with Crippen LogP contribution in [0.4, 0.5) is 5.69 Å². The molecule has 3 rings (SSSR count). The van der Waals surface area contributed by atoms with Gasteiger partial charge in [0.25, 0.3) is 0 Å². The van der Waals surface area contributed by atoms with Crippen molar-refractivity contribution in [3.8, 4) is 0 Å². The Balaban J connectivity index is 2.22. The van der Waals surface area contributed by atoms with Crippen LogP contribution in [0.1, 0.15) is 30.9 Å². The summed E-state index contributed by atoms with van der Waals surface area (Å²) in [5.74, 6) is -0.0710. The van der Waals surface area contributed by atoms with Crippen LogP contribution in [0.25, 0.3) is 0 Å². The van der Waals surface area contributed by atoms with E-state index in [1.807, 2.05) is 36.4 Å². The van der Waals surface area contributed by atoms with E-state index in [2.05, 4.69) is 46.1 Å². The van der Waals surface area contributed by atoms with E-state index in [0.29, 0.717) is 5.02 Å². The SMILES string of the molecule is CCN(CC)[C@@H]1C(=O)Nc2ccc(Br)cc2[C@H]1c1ccccc1Cl. The van der Waals surface area contributed by atoms with Crippen LogP contribution in [0.5, 0.6) is 0 Å². The smallest absolute Gasteiger partial charge is 0.242 e. The molecule has 0 bridgehead atoms. The molecule has 2 aromatic rings. The molecule has 1 aliphatic heterocycles. The largest absolute Gasteiger partial charge is 0.324 e. The maximum Gasteiger partial charge on any atom is 0.242 e. The van der Waals surface area contributed by atoms with Gasteiger partial charge in [-0.25, -0.2) is 0 Å². The first kappa shape index (κ1) is 17.5. The Morgan fingerprint density at radius 2 is 1.83 bits per heavy atom. The van der Waals surface area contributed by atoms with Crippen molar-refractivity contribution in [3.63, 3.8) is 0 Å². The fourth-order valence-electron chi connectivity index (χ4n) is 3.49. The second kappa shape index (κ2) is 7.26. The number of nitrogens with one attached hydrogen (secondary N) is 1. The third-order valence-electron chi connectivity index (χ3n) is 4.64. The lowest BCUT2D eigenvalue weighted by atomic mass is 9.80. The first-order valence-electron chi connectivity index (χ1n) is 8.15. The van der Waals surface area contributed by atoms with E-state index >= 15 is 0 Å². The molecule has 0 spiro atoms. The van der Waals surface area contributed by atoms with Crippen LogP contribution in [-0.2, 0) is 4.79 Å². The second-order valence-electron chi connectivity index (χ2n) is 5.89. The number of fused-ring (bicyclic) bond motifs is 1. The molecule has 0 aliphatic carbocycles. The predicted molar refractivity (Wildman–Crippen MR) is 103 cm³/mol. The van der Waals surface area contributed by atoms with E-state index < -0.39 is 0 Å². The van der Waals surface area contributed by atoms with Crippen molar-refractivity contribution in [3.05, 3.63) is 63.1 Å². The first-order chi connectivity index (χ1) is 11.6. The van der Waals surface area contributed by atoms with Gasteiger partial charge in [0.05, 0.1) is 0 Å². The van der Waals surface area contributed by atoms with Gasteiger partial charge in [-0.3, -0.25) is 9.69 Å². The molecule has 2 aromatic carbocycles. The number of rotatable bonds is 4. The van der Waals surface area contributed by atoms with Crippen LogP contribution in [0, 0.1) is 0 Å². The summed E-state index contributed by atoms with van der Waals surface area (Å²) in [6, 6.07) is 13.5. The fourth-order valence-corrected chi connectivity index (χ4v) is 4.12. The Morgan fingerprint density at radius 1 is 1.12 bits per heavy atom. The summed E-state index contributed by atoms with van der Waals surface area (Å²) >= 11 is 10.1. The number of halogens is 2. The standard InChI is InChI=1S/C19H20BrClN2O/c1-3-23(4-2)18-17(13-7-5-6-8-15(13)21)14-11-12(20)9-10-16(14)22-19(18)24/h5-11,17-18H,3-4H2,1-2H3,(H,22,24)/t17-,18+/m1/s1. The van der Waals surface area contributed by atoms with Crippen molar-refractivity contribution in [2.75, 3.05) is 18.4 Å². The molecule has 2 atom stereocenters. The number of hydrogen-bond acceptors (Lipinski definition) is 2. The number of hydrogen-bond donors (Lipinski definition) is 1. The van der Waals surface area contributed by atoms with E-state index in [4.69, 9.17) is 11.6 Å². The lowest BCUT2D eigenvalue weighted by Gasteiger charge is -2.39. The summed E-state index contributed by atoms with van der Waals surface area (Å²) in [7, 11) is 0. The van der Waals surface area contributed by atoms with Crippen molar-refractivity contribution in [1.82, 2.24) is 4.90 Å². The summed E-state index contributed by atoms with van der Waals surface area (Å²) in [4.78, 5) is 15.1. The van der Waals surface area contributed by atoms with E-state index in [9.17, 15) is 4.79 Å². The predicted octanol–water partition coefficient (Wildman–Crippen LogP) is 4.90. The van der Waals surface area contributed by atoms with Crippen LogP contribution < -0.4 is 5.32 Å². The van der Waals surface area contributed by atoms with Crippen molar-refractivity contribution >= 4 is 39.1 Å². The van der Waals surface area contributed by atoms with Gasteiger partial charge in [0.2, 0.25) is 5.91 Å². The number of carbonyl (C=O) groups is 1. The highest BCUT2D eigenvalue weighted by molar-refractivity contribution is 9.10. The third kappa shape index (κ3) is 3.10. The van der Waals surface area contributed by atoms with Crippen molar-refractivity contribution in [1.29, 1.82) is 0 Å². The molecule has 0 saturated carbocycles. The summed E-state index contributed by atoms with van der Waals surface area (Å²) in [5, 5.41) is 3.76. The van der Waals surface area contributed by atoms with Gasteiger partial charge in [0.1, 0.15) is 6.04 Å². The molecule has 0 radical (unpaired) electrons. The van der Waals surface area contributed by atoms with Gasteiger partial charge in [0.15, 0.2) is 0 Å². The Morgan fingerprint density at radius 3 is 2.50 bits per heavy atom. The van der Waals surface area contributed by atoms with Gasteiger partial charge < -0.3 is 5.32 Å². The molecule has 0 unspecified atom stereocenters. The Hall–Kier alpha value is -1.36. The minimum absolute atomic E-state index is 0.0263. The number of nitrogens with zero attached hydrogens (tertiary/aromatic N) is 1. The molecule has 24 heavy (non-hydrogen) atoms. The van der Waals surface area contributed by atoms with Crippen molar-refractivity contribution < 1.29 is 4.79 Å². The third-order valence-corrected chi connectivity index (χ3v) is 5.47. The number of amides is 1. The highest BCUT2D eigenvalue weighted by atomic mass is 79.9. The van der Waals surface area contributed by atoms with Gasteiger partial charge >= 0.3 is 0 Å². The lowest BCUT2D eigenvalue weighted by Crippen LogP contribution is -2.50. The van der Waals surface area contributed by atoms with Crippen LogP contribution in [0.15, 0.2) is 46.9 Å². The molecule has 0 saturated heterocycles. The Bertz CT molecular complexity index is 761. The Kier molecular flexibility index (Phi) is 5.28. The van der Waals surface area contributed by atoms with Crippen LogP contribution >= 0.6 is 27.5 Å². The first-order valence-corrected chi connectivity index (χ1v) is 9.32. The van der Waals surface area contributed by atoms with Crippen LogP contribution in [0.2, 0.25) is 5.02 Å². The molecular formula is C19H20BrClN2O. The maximum atomic E-state index is 12.9. The zero-order chi connectivity index (χ0) is 17.3. The molecular weight excluding hydrogens is 388 g/mol. The average molecular weight is 408 g/mol. The molecule has 0 aromatic heterocycles. The lowest BCUT2D eigenvalue weighted by molar-refractivity contribution is -0.122. The fraction of sp³-hybridized carbons (Fsp3) is 0.316. The molecule has 126 valence electrons. The minimum Gasteiger partial charge on any atom is -0.324 e. The quantitative estimate of drug-likeness (QED) is 0.782. The molecule has 0 fully saturated rings.